The van der Waals surface area contributed by atoms with Crippen LogP contribution >= 0.6 is 24.0 Å². The predicted octanol–water partition coefficient (Wildman–Crippen LogP) is 2.99. The Morgan fingerprint density at radius 1 is 1.17 bits per heavy atom. The first-order valence-corrected chi connectivity index (χ1v) is 9.36. The van der Waals surface area contributed by atoms with Gasteiger partial charge in [0.1, 0.15) is 0 Å². The molecular formula is C18H37IN4O. The van der Waals surface area contributed by atoms with Crippen molar-refractivity contribution in [3.63, 3.8) is 0 Å². The molecule has 0 radical (unpaired) electrons. The molecule has 0 amide bonds. The zero-order valence-corrected chi connectivity index (χ0v) is 18.3. The van der Waals surface area contributed by atoms with Crippen molar-refractivity contribution in [1.29, 1.82) is 0 Å². The van der Waals surface area contributed by atoms with Crippen molar-refractivity contribution < 1.29 is 4.74 Å². The topological polar surface area (TPSA) is 48.9 Å². The normalized spacial score (nSPS) is 26.1. The number of nitrogens with one attached hydrogen (secondary N) is 2. The van der Waals surface area contributed by atoms with Gasteiger partial charge in [0.25, 0.3) is 0 Å². The first kappa shape index (κ1) is 22.0. The molecule has 6 heteroatoms. The minimum atomic E-state index is -0.0431. The zero-order chi connectivity index (χ0) is 16.8. The van der Waals surface area contributed by atoms with Crippen molar-refractivity contribution in [2.24, 2.45) is 4.99 Å². The lowest BCUT2D eigenvalue weighted by Crippen LogP contribution is -2.50. The summed E-state index contributed by atoms with van der Waals surface area (Å²) in [5, 5.41) is 6.84. The molecule has 2 aliphatic rings. The molecule has 0 aliphatic carbocycles. The fourth-order valence-corrected chi connectivity index (χ4v) is 3.46. The predicted molar refractivity (Wildman–Crippen MR) is 112 cm³/mol. The summed E-state index contributed by atoms with van der Waals surface area (Å²) in [6.07, 6.45) is 6.30. The minimum Gasteiger partial charge on any atom is -0.373 e. The summed E-state index contributed by atoms with van der Waals surface area (Å²) >= 11 is 0. The van der Waals surface area contributed by atoms with Crippen LogP contribution in [0.4, 0.5) is 0 Å². The van der Waals surface area contributed by atoms with Crippen LogP contribution in [0.5, 0.6) is 0 Å². The maximum absolute atomic E-state index is 5.86. The number of guanidine groups is 1. The van der Waals surface area contributed by atoms with Crippen molar-refractivity contribution in [2.75, 3.05) is 39.3 Å². The number of hydrogen-bond donors (Lipinski definition) is 2. The SMILES string of the molecule is CCNC(=NCC(C)(C)N1CCCCC1)NCC1(C)CCCO1.I. The molecule has 0 spiro atoms. The first-order chi connectivity index (χ1) is 11.0. The fourth-order valence-electron chi connectivity index (χ4n) is 3.46. The van der Waals surface area contributed by atoms with E-state index in [1.807, 2.05) is 0 Å². The van der Waals surface area contributed by atoms with Crippen LogP contribution in [0, 0.1) is 0 Å². The standard InChI is InChI=1S/C18H36N4O.HI/c1-5-19-16(21-15-18(4)10-9-13-23-18)20-14-17(2,3)22-11-7-6-8-12-22;/h5-15H2,1-4H3,(H2,19,20,21);1H. The maximum Gasteiger partial charge on any atom is 0.191 e. The Bertz CT molecular complexity index is 388. The van der Waals surface area contributed by atoms with Crippen molar-refractivity contribution in [1.82, 2.24) is 15.5 Å². The molecule has 142 valence electrons. The molecule has 2 saturated heterocycles. The molecule has 0 aromatic heterocycles. The van der Waals surface area contributed by atoms with Crippen LogP contribution in [0.2, 0.25) is 0 Å². The third kappa shape index (κ3) is 6.67. The Morgan fingerprint density at radius 2 is 1.88 bits per heavy atom. The Morgan fingerprint density at radius 3 is 2.46 bits per heavy atom. The molecule has 2 aliphatic heterocycles. The van der Waals surface area contributed by atoms with E-state index < -0.39 is 0 Å². The van der Waals surface area contributed by atoms with Crippen LogP contribution in [-0.2, 0) is 4.74 Å². The fraction of sp³-hybridized carbons (Fsp3) is 0.944. The molecule has 0 aromatic carbocycles. The summed E-state index contributed by atoms with van der Waals surface area (Å²) in [6, 6.07) is 0. The largest absolute Gasteiger partial charge is 0.373 e. The van der Waals surface area contributed by atoms with Gasteiger partial charge < -0.3 is 15.4 Å². The van der Waals surface area contributed by atoms with Gasteiger partial charge in [-0.05, 0) is 66.5 Å². The van der Waals surface area contributed by atoms with Gasteiger partial charge in [0.15, 0.2) is 5.96 Å². The average Bonchev–Trinajstić information content (AvgIpc) is 2.98. The summed E-state index contributed by atoms with van der Waals surface area (Å²) < 4.78 is 5.86. The Labute approximate surface area is 165 Å². The second-order valence-electron chi connectivity index (χ2n) is 7.81. The number of likely N-dealkylation sites (tertiary alicyclic amines) is 1. The first-order valence-electron chi connectivity index (χ1n) is 9.36. The molecule has 0 aromatic rings. The summed E-state index contributed by atoms with van der Waals surface area (Å²) in [5.41, 5.74) is 0.0785. The Hall–Kier alpha value is -0.0800. The number of piperidine rings is 1. The molecule has 2 heterocycles. The lowest BCUT2D eigenvalue weighted by atomic mass is 9.99. The smallest absolute Gasteiger partial charge is 0.191 e. The van der Waals surface area contributed by atoms with Gasteiger partial charge in [-0.15, -0.1) is 24.0 Å². The third-order valence-electron chi connectivity index (χ3n) is 5.11. The number of ether oxygens (including phenoxy) is 1. The third-order valence-corrected chi connectivity index (χ3v) is 5.11. The van der Waals surface area contributed by atoms with E-state index in [9.17, 15) is 0 Å². The monoisotopic (exact) mass is 452 g/mol. The average molecular weight is 452 g/mol. The summed E-state index contributed by atoms with van der Waals surface area (Å²) in [5.74, 6) is 0.911. The van der Waals surface area contributed by atoms with E-state index in [0.29, 0.717) is 0 Å². The van der Waals surface area contributed by atoms with Crippen LogP contribution in [-0.4, -0.2) is 61.3 Å². The molecule has 1 atom stereocenters. The number of nitrogens with zero attached hydrogens (tertiary/aromatic N) is 2. The van der Waals surface area contributed by atoms with Crippen LogP contribution in [0.15, 0.2) is 4.99 Å². The van der Waals surface area contributed by atoms with Gasteiger partial charge in [-0.1, -0.05) is 6.42 Å². The molecule has 2 rings (SSSR count). The number of halogens is 1. The second kappa shape index (κ2) is 10.2. The van der Waals surface area contributed by atoms with E-state index in [0.717, 1.165) is 45.0 Å². The van der Waals surface area contributed by atoms with E-state index in [-0.39, 0.29) is 35.1 Å². The second-order valence-corrected chi connectivity index (χ2v) is 7.81. The number of rotatable bonds is 6. The van der Waals surface area contributed by atoms with Crippen LogP contribution in [0.25, 0.3) is 0 Å². The number of hydrogen-bond acceptors (Lipinski definition) is 3. The Balaban J connectivity index is 0.00000288. The van der Waals surface area contributed by atoms with E-state index in [1.54, 1.807) is 0 Å². The van der Waals surface area contributed by atoms with Gasteiger partial charge >= 0.3 is 0 Å². The molecular weight excluding hydrogens is 415 g/mol. The maximum atomic E-state index is 5.86. The molecule has 24 heavy (non-hydrogen) atoms. The van der Waals surface area contributed by atoms with Gasteiger partial charge in [-0.25, -0.2) is 0 Å². The van der Waals surface area contributed by atoms with Gasteiger partial charge in [0.05, 0.1) is 12.1 Å². The molecule has 2 fully saturated rings. The molecule has 2 N–H and O–H groups in total. The van der Waals surface area contributed by atoms with Crippen molar-refractivity contribution in [3.05, 3.63) is 0 Å². The van der Waals surface area contributed by atoms with Crippen molar-refractivity contribution >= 4 is 29.9 Å². The Kier molecular flexibility index (Phi) is 9.30. The highest BCUT2D eigenvalue weighted by Gasteiger charge is 2.30. The van der Waals surface area contributed by atoms with Crippen molar-refractivity contribution in [2.45, 2.75) is 70.9 Å². The van der Waals surface area contributed by atoms with E-state index >= 15 is 0 Å². The van der Waals surface area contributed by atoms with Crippen LogP contribution in [0.1, 0.15) is 59.8 Å². The summed E-state index contributed by atoms with van der Waals surface area (Å²) in [4.78, 5) is 7.44. The van der Waals surface area contributed by atoms with Gasteiger partial charge in [0, 0.05) is 25.2 Å². The molecule has 0 saturated carbocycles. The highest BCUT2D eigenvalue weighted by Crippen LogP contribution is 2.24. The zero-order valence-electron chi connectivity index (χ0n) is 16.0. The highest BCUT2D eigenvalue weighted by molar-refractivity contribution is 14.0. The highest BCUT2D eigenvalue weighted by atomic mass is 127. The summed E-state index contributed by atoms with van der Waals surface area (Å²) in [7, 11) is 0. The lowest BCUT2D eigenvalue weighted by molar-refractivity contribution is 0.0242. The van der Waals surface area contributed by atoms with Gasteiger partial charge in [-0.2, -0.15) is 0 Å². The quantitative estimate of drug-likeness (QED) is 0.370. The molecule has 5 nitrogen and oxygen atoms in total. The van der Waals surface area contributed by atoms with Crippen molar-refractivity contribution in [3.8, 4) is 0 Å². The molecule has 1 unspecified atom stereocenters. The summed E-state index contributed by atoms with van der Waals surface area (Å²) in [6.45, 7) is 14.7. The minimum absolute atomic E-state index is 0. The molecule has 0 bridgehead atoms. The van der Waals surface area contributed by atoms with E-state index in [4.69, 9.17) is 9.73 Å². The van der Waals surface area contributed by atoms with E-state index in [1.165, 1.54) is 32.4 Å². The lowest BCUT2D eigenvalue weighted by Gasteiger charge is -2.40. The van der Waals surface area contributed by atoms with Crippen LogP contribution in [0.3, 0.4) is 0 Å². The van der Waals surface area contributed by atoms with Crippen LogP contribution < -0.4 is 10.6 Å². The van der Waals surface area contributed by atoms with E-state index in [2.05, 4.69) is 43.2 Å². The number of aliphatic imine (C=N–C) groups is 1. The van der Waals surface area contributed by atoms with Gasteiger partial charge in [-0.3, -0.25) is 9.89 Å². The van der Waals surface area contributed by atoms with Gasteiger partial charge in [0.2, 0.25) is 0 Å².